The van der Waals surface area contributed by atoms with E-state index in [9.17, 15) is 14.6 Å². The van der Waals surface area contributed by atoms with Gasteiger partial charge in [0.25, 0.3) is 0 Å². The van der Waals surface area contributed by atoms with Crippen LogP contribution in [-0.4, -0.2) is 41.9 Å². The molecule has 1 saturated heterocycles. The van der Waals surface area contributed by atoms with E-state index in [2.05, 4.69) is 4.90 Å². The first-order valence-corrected chi connectivity index (χ1v) is 8.53. The number of β-amino-alcohol motifs (C(OH)–C–C–N with tert-alkyl or cyclic N) is 1. The van der Waals surface area contributed by atoms with E-state index in [1.54, 1.807) is 25.3 Å². The highest BCUT2D eigenvalue weighted by atomic mass is 19.1. The predicted molar refractivity (Wildman–Crippen MR) is 93.9 cm³/mol. The minimum Gasteiger partial charge on any atom is -0.497 e. The van der Waals surface area contributed by atoms with Crippen LogP contribution in [-0.2, 0) is 5.60 Å². The lowest BCUT2D eigenvalue weighted by atomic mass is 9.84. The molecule has 0 spiro atoms. The van der Waals surface area contributed by atoms with Crippen molar-refractivity contribution in [2.75, 3.05) is 26.7 Å². The largest absolute Gasteiger partial charge is 0.497 e. The highest BCUT2D eigenvalue weighted by Crippen LogP contribution is 2.34. The first-order valence-electron chi connectivity index (χ1n) is 8.53. The van der Waals surface area contributed by atoms with Gasteiger partial charge in [-0.15, -0.1) is 0 Å². The SMILES string of the molecule is COc1ccc([C@H](O)CN2CCC(O)(c3ccccc3F)CC2)cc1. The molecule has 0 unspecified atom stereocenters. The van der Waals surface area contributed by atoms with Gasteiger partial charge in [0, 0.05) is 25.2 Å². The average Bonchev–Trinajstić information content (AvgIpc) is 2.64. The van der Waals surface area contributed by atoms with Gasteiger partial charge in [-0.2, -0.15) is 0 Å². The Morgan fingerprint density at radius 3 is 2.36 bits per heavy atom. The Balaban J connectivity index is 1.59. The van der Waals surface area contributed by atoms with E-state index in [1.807, 2.05) is 24.3 Å². The summed E-state index contributed by atoms with van der Waals surface area (Å²) in [5, 5.41) is 21.2. The van der Waals surface area contributed by atoms with Crippen LogP contribution in [0.25, 0.3) is 0 Å². The van der Waals surface area contributed by atoms with Gasteiger partial charge in [-0.05, 0) is 36.6 Å². The second kappa shape index (κ2) is 7.52. The maximum absolute atomic E-state index is 14.0. The quantitative estimate of drug-likeness (QED) is 0.875. The molecule has 5 heteroatoms. The molecule has 1 atom stereocenters. The number of piperidine rings is 1. The number of aliphatic hydroxyl groups excluding tert-OH is 1. The van der Waals surface area contributed by atoms with Gasteiger partial charge in [0.15, 0.2) is 0 Å². The molecule has 0 bridgehead atoms. The molecule has 1 aliphatic heterocycles. The third-order valence-electron chi connectivity index (χ3n) is 4.99. The van der Waals surface area contributed by atoms with E-state index >= 15 is 0 Å². The molecular formula is C20H24FNO3. The minimum atomic E-state index is -1.13. The third-order valence-corrected chi connectivity index (χ3v) is 4.99. The normalized spacial score (nSPS) is 18.7. The Morgan fingerprint density at radius 1 is 1.12 bits per heavy atom. The maximum Gasteiger partial charge on any atom is 0.129 e. The molecule has 0 radical (unpaired) electrons. The molecule has 1 aliphatic rings. The Morgan fingerprint density at radius 2 is 1.76 bits per heavy atom. The second-order valence-electron chi connectivity index (χ2n) is 6.60. The topological polar surface area (TPSA) is 52.9 Å². The van der Waals surface area contributed by atoms with Crippen LogP contribution in [0.5, 0.6) is 5.75 Å². The fraction of sp³-hybridized carbons (Fsp3) is 0.400. The lowest BCUT2D eigenvalue weighted by Gasteiger charge is -2.39. The zero-order chi connectivity index (χ0) is 17.9. The van der Waals surface area contributed by atoms with Crippen LogP contribution in [0.3, 0.4) is 0 Å². The third kappa shape index (κ3) is 4.00. The van der Waals surface area contributed by atoms with Gasteiger partial charge < -0.3 is 19.8 Å². The molecule has 0 saturated carbocycles. The number of hydrogen-bond donors (Lipinski definition) is 2. The van der Waals surface area contributed by atoms with E-state index in [0.717, 1.165) is 11.3 Å². The molecule has 0 amide bonds. The molecule has 1 heterocycles. The van der Waals surface area contributed by atoms with Gasteiger partial charge >= 0.3 is 0 Å². The Hall–Kier alpha value is -1.95. The summed E-state index contributed by atoms with van der Waals surface area (Å²) in [6, 6.07) is 13.8. The smallest absolute Gasteiger partial charge is 0.129 e. The molecule has 2 aromatic carbocycles. The summed E-state index contributed by atoms with van der Waals surface area (Å²) >= 11 is 0. The van der Waals surface area contributed by atoms with Crippen LogP contribution >= 0.6 is 0 Å². The minimum absolute atomic E-state index is 0.364. The molecule has 134 valence electrons. The fourth-order valence-electron chi connectivity index (χ4n) is 3.39. The first-order chi connectivity index (χ1) is 12.0. The van der Waals surface area contributed by atoms with Crippen molar-refractivity contribution in [3.63, 3.8) is 0 Å². The number of ether oxygens (including phenoxy) is 1. The molecule has 4 nitrogen and oxygen atoms in total. The summed E-state index contributed by atoms with van der Waals surface area (Å²) in [6.07, 6.45) is 0.289. The Bertz CT molecular complexity index is 696. The van der Waals surface area contributed by atoms with Crippen molar-refractivity contribution in [1.29, 1.82) is 0 Å². The molecular weight excluding hydrogens is 321 g/mol. The number of methoxy groups -OCH3 is 1. The van der Waals surface area contributed by atoms with Crippen molar-refractivity contribution in [2.24, 2.45) is 0 Å². The van der Waals surface area contributed by atoms with Crippen LogP contribution < -0.4 is 4.74 Å². The van der Waals surface area contributed by atoms with Gasteiger partial charge in [-0.1, -0.05) is 30.3 Å². The number of hydrogen-bond acceptors (Lipinski definition) is 4. The highest BCUT2D eigenvalue weighted by Gasteiger charge is 2.36. The van der Waals surface area contributed by atoms with Gasteiger partial charge in [0.1, 0.15) is 11.6 Å². The molecule has 0 aromatic heterocycles. The van der Waals surface area contributed by atoms with E-state index in [0.29, 0.717) is 38.0 Å². The monoisotopic (exact) mass is 345 g/mol. The van der Waals surface area contributed by atoms with E-state index in [-0.39, 0.29) is 5.82 Å². The van der Waals surface area contributed by atoms with Gasteiger partial charge in [-0.3, -0.25) is 0 Å². The van der Waals surface area contributed by atoms with Crippen LogP contribution in [0.15, 0.2) is 48.5 Å². The van der Waals surface area contributed by atoms with Crippen molar-refractivity contribution in [1.82, 2.24) is 4.90 Å². The molecule has 3 rings (SSSR count). The Kier molecular flexibility index (Phi) is 5.37. The van der Waals surface area contributed by atoms with Crippen LogP contribution in [0.1, 0.15) is 30.1 Å². The van der Waals surface area contributed by atoms with Crippen LogP contribution in [0.2, 0.25) is 0 Å². The number of rotatable bonds is 5. The number of likely N-dealkylation sites (tertiary alicyclic amines) is 1. The summed E-state index contributed by atoms with van der Waals surface area (Å²) in [4.78, 5) is 2.10. The van der Waals surface area contributed by atoms with E-state index in [1.165, 1.54) is 6.07 Å². The summed E-state index contributed by atoms with van der Waals surface area (Å²) < 4.78 is 19.1. The maximum atomic E-state index is 14.0. The number of aliphatic hydroxyl groups is 2. The van der Waals surface area contributed by atoms with Crippen LogP contribution in [0, 0.1) is 5.82 Å². The molecule has 2 N–H and O–H groups in total. The number of halogens is 1. The summed E-state index contributed by atoms with van der Waals surface area (Å²) in [6.45, 7) is 1.70. The van der Waals surface area contributed by atoms with E-state index in [4.69, 9.17) is 4.74 Å². The van der Waals surface area contributed by atoms with Gasteiger partial charge in [0.05, 0.1) is 18.8 Å². The zero-order valence-corrected chi connectivity index (χ0v) is 14.4. The number of benzene rings is 2. The lowest BCUT2D eigenvalue weighted by Crippen LogP contribution is -2.44. The average molecular weight is 345 g/mol. The summed E-state index contributed by atoms with van der Waals surface area (Å²) in [7, 11) is 1.61. The van der Waals surface area contributed by atoms with Crippen molar-refractivity contribution < 1.29 is 19.3 Å². The standard InChI is InChI=1S/C20H24FNO3/c1-25-16-8-6-15(7-9-16)19(23)14-22-12-10-20(24,11-13-22)17-4-2-3-5-18(17)21/h2-9,19,23-24H,10-14H2,1H3/t19-/m1/s1. The van der Waals surface area contributed by atoms with Crippen molar-refractivity contribution in [3.8, 4) is 5.75 Å². The number of nitrogens with zero attached hydrogens (tertiary/aromatic N) is 1. The second-order valence-corrected chi connectivity index (χ2v) is 6.60. The zero-order valence-electron chi connectivity index (χ0n) is 14.4. The molecule has 0 aliphatic carbocycles. The van der Waals surface area contributed by atoms with Gasteiger partial charge in [-0.25, -0.2) is 4.39 Å². The Labute approximate surface area is 147 Å². The van der Waals surface area contributed by atoms with Crippen molar-refractivity contribution >= 4 is 0 Å². The van der Waals surface area contributed by atoms with Crippen LogP contribution in [0.4, 0.5) is 4.39 Å². The van der Waals surface area contributed by atoms with Crippen molar-refractivity contribution in [2.45, 2.75) is 24.5 Å². The van der Waals surface area contributed by atoms with Gasteiger partial charge in [0.2, 0.25) is 0 Å². The van der Waals surface area contributed by atoms with E-state index < -0.39 is 11.7 Å². The first kappa shape index (κ1) is 17.9. The molecule has 25 heavy (non-hydrogen) atoms. The highest BCUT2D eigenvalue weighted by molar-refractivity contribution is 5.29. The molecule has 1 fully saturated rings. The predicted octanol–water partition coefficient (Wildman–Crippen LogP) is 2.85. The summed E-state index contributed by atoms with van der Waals surface area (Å²) in [5.41, 5.74) is 0.0634. The van der Waals surface area contributed by atoms with Crippen molar-refractivity contribution in [3.05, 3.63) is 65.5 Å². The lowest BCUT2D eigenvalue weighted by molar-refractivity contribution is -0.0367. The fourth-order valence-corrected chi connectivity index (χ4v) is 3.39. The molecule has 2 aromatic rings. The summed E-state index contributed by atoms with van der Waals surface area (Å²) in [5.74, 6) is 0.389.